The van der Waals surface area contributed by atoms with E-state index < -0.39 is 0 Å². The maximum absolute atomic E-state index is 13.3. The number of carbonyl (C=O) groups excluding carboxylic acids is 1. The Hall–Kier alpha value is -2.73. The van der Waals surface area contributed by atoms with Crippen LogP contribution < -0.4 is 5.73 Å². The minimum atomic E-state index is -0.371. The number of hydrogen-bond donors (Lipinski definition) is 1. The second kappa shape index (κ2) is 8.19. The average Bonchev–Trinajstić information content (AvgIpc) is 3.46. The van der Waals surface area contributed by atoms with Crippen LogP contribution in [0.3, 0.4) is 0 Å². The summed E-state index contributed by atoms with van der Waals surface area (Å²) in [4.78, 5) is 24.4. The number of pyridine rings is 1. The second-order valence-corrected chi connectivity index (χ2v) is 8.66. The van der Waals surface area contributed by atoms with Gasteiger partial charge in [-0.25, -0.2) is 9.97 Å². The van der Waals surface area contributed by atoms with Crippen LogP contribution in [0.25, 0.3) is 16.9 Å². The van der Waals surface area contributed by atoms with Crippen LogP contribution in [0.1, 0.15) is 56.6 Å². The largest absolute Gasteiger partial charge is 0.334 e. The first-order valence-corrected chi connectivity index (χ1v) is 11.2. The summed E-state index contributed by atoms with van der Waals surface area (Å²) in [6.07, 6.45) is 11.5. The fourth-order valence-corrected chi connectivity index (χ4v) is 5.18. The van der Waals surface area contributed by atoms with Gasteiger partial charge >= 0.3 is 0 Å². The fraction of sp³-hybridized carbons (Fsp3) is 0.458. The summed E-state index contributed by atoms with van der Waals surface area (Å²) in [5.41, 5.74) is 9.56. The predicted molar refractivity (Wildman–Crippen MR) is 117 cm³/mol. The highest BCUT2D eigenvalue weighted by molar-refractivity contribution is 5.83. The van der Waals surface area contributed by atoms with Crippen molar-refractivity contribution in [1.29, 1.82) is 0 Å². The molecule has 1 aromatic carbocycles. The maximum atomic E-state index is 13.3. The van der Waals surface area contributed by atoms with Crippen molar-refractivity contribution in [2.24, 2.45) is 11.7 Å². The van der Waals surface area contributed by atoms with Crippen molar-refractivity contribution in [3.8, 4) is 5.82 Å². The van der Waals surface area contributed by atoms with E-state index in [9.17, 15) is 4.79 Å². The molecule has 0 spiro atoms. The van der Waals surface area contributed by atoms with E-state index >= 15 is 0 Å². The van der Waals surface area contributed by atoms with E-state index in [1.165, 1.54) is 19.3 Å². The molecule has 2 aliphatic rings. The summed E-state index contributed by atoms with van der Waals surface area (Å²) in [5, 5.41) is 0. The van der Waals surface area contributed by atoms with Gasteiger partial charge in [0.1, 0.15) is 12.1 Å². The van der Waals surface area contributed by atoms with Gasteiger partial charge < -0.3 is 10.6 Å². The van der Waals surface area contributed by atoms with Crippen LogP contribution in [0.2, 0.25) is 0 Å². The highest BCUT2D eigenvalue weighted by Crippen LogP contribution is 2.35. The summed E-state index contributed by atoms with van der Waals surface area (Å²) in [5.74, 6) is 1.28. The average molecular weight is 404 g/mol. The zero-order valence-electron chi connectivity index (χ0n) is 17.3. The van der Waals surface area contributed by atoms with Crippen LogP contribution in [-0.2, 0) is 4.79 Å². The van der Waals surface area contributed by atoms with Gasteiger partial charge in [0.25, 0.3) is 0 Å². The molecule has 6 nitrogen and oxygen atoms in total. The molecule has 2 atom stereocenters. The molecule has 2 aromatic heterocycles. The Balaban J connectivity index is 1.41. The smallest absolute Gasteiger partial charge is 0.240 e. The molecule has 3 aromatic rings. The van der Waals surface area contributed by atoms with Crippen LogP contribution in [0.5, 0.6) is 0 Å². The van der Waals surface area contributed by atoms with Gasteiger partial charge in [-0.3, -0.25) is 9.36 Å². The summed E-state index contributed by atoms with van der Waals surface area (Å²) in [6, 6.07) is 11.9. The summed E-state index contributed by atoms with van der Waals surface area (Å²) in [7, 11) is 0. The van der Waals surface area contributed by atoms with Crippen LogP contribution in [0, 0.1) is 5.92 Å². The molecule has 0 bridgehead atoms. The molecule has 0 unspecified atom stereocenters. The van der Waals surface area contributed by atoms with Gasteiger partial charge in [0.2, 0.25) is 5.91 Å². The number of nitrogens with two attached hydrogens (primary N) is 1. The molecule has 1 aliphatic carbocycles. The Morgan fingerprint density at radius 2 is 1.87 bits per heavy atom. The van der Waals surface area contributed by atoms with Gasteiger partial charge in [-0.15, -0.1) is 0 Å². The van der Waals surface area contributed by atoms with Crippen LogP contribution in [0.15, 0.2) is 48.9 Å². The lowest BCUT2D eigenvalue weighted by Crippen LogP contribution is -2.48. The van der Waals surface area contributed by atoms with E-state index in [0.717, 1.165) is 54.6 Å². The maximum Gasteiger partial charge on any atom is 0.240 e. The Labute approximate surface area is 177 Å². The van der Waals surface area contributed by atoms with E-state index in [1.807, 2.05) is 52.3 Å². The van der Waals surface area contributed by atoms with Gasteiger partial charge in [-0.05, 0) is 61.4 Å². The van der Waals surface area contributed by atoms with Gasteiger partial charge in [0, 0.05) is 12.7 Å². The molecule has 1 saturated heterocycles. The van der Waals surface area contributed by atoms with Crippen molar-refractivity contribution in [2.75, 3.05) is 6.54 Å². The number of aromatic nitrogens is 3. The highest BCUT2D eigenvalue weighted by Gasteiger charge is 2.36. The first-order valence-electron chi connectivity index (χ1n) is 11.2. The number of nitrogens with zero attached hydrogens (tertiary/aromatic N) is 4. The Morgan fingerprint density at radius 1 is 1.03 bits per heavy atom. The molecular formula is C24H29N5O. The predicted octanol–water partition coefficient (Wildman–Crippen LogP) is 3.99. The van der Waals surface area contributed by atoms with Gasteiger partial charge in [0.15, 0.2) is 0 Å². The molecule has 1 amide bonds. The number of hydrogen-bond acceptors (Lipinski definition) is 4. The van der Waals surface area contributed by atoms with E-state index in [0.29, 0.717) is 5.92 Å². The van der Waals surface area contributed by atoms with Gasteiger partial charge in [0.05, 0.1) is 23.1 Å². The molecular weight excluding hydrogens is 374 g/mol. The monoisotopic (exact) mass is 403 g/mol. The number of rotatable bonds is 4. The third-order valence-electron chi connectivity index (χ3n) is 6.83. The first-order chi connectivity index (χ1) is 14.7. The summed E-state index contributed by atoms with van der Waals surface area (Å²) >= 11 is 0. The lowest BCUT2D eigenvalue weighted by atomic mass is 9.83. The van der Waals surface area contributed by atoms with E-state index in [-0.39, 0.29) is 18.0 Å². The zero-order chi connectivity index (χ0) is 20.5. The molecule has 3 heterocycles. The highest BCUT2D eigenvalue weighted by atomic mass is 16.2. The molecule has 2 fully saturated rings. The van der Waals surface area contributed by atoms with Crippen molar-refractivity contribution < 1.29 is 4.79 Å². The van der Waals surface area contributed by atoms with E-state index in [2.05, 4.69) is 16.0 Å². The second-order valence-electron chi connectivity index (χ2n) is 8.66. The van der Waals surface area contributed by atoms with E-state index in [4.69, 9.17) is 5.73 Å². The number of fused-ring (bicyclic) bond motifs is 1. The number of carbonyl (C=O) groups is 1. The molecule has 5 rings (SSSR count). The van der Waals surface area contributed by atoms with Crippen LogP contribution >= 0.6 is 0 Å². The van der Waals surface area contributed by atoms with Crippen molar-refractivity contribution >= 4 is 16.9 Å². The van der Waals surface area contributed by atoms with E-state index in [1.54, 1.807) is 0 Å². The molecule has 1 aliphatic heterocycles. The molecule has 6 heteroatoms. The van der Waals surface area contributed by atoms with Gasteiger partial charge in [-0.1, -0.05) is 31.4 Å². The van der Waals surface area contributed by atoms with Crippen molar-refractivity contribution in [3.05, 3.63) is 54.5 Å². The fourth-order valence-electron chi connectivity index (χ4n) is 5.18. The minimum absolute atomic E-state index is 0.0728. The quantitative estimate of drug-likeness (QED) is 0.714. The minimum Gasteiger partial charge on any atom is -0.334 e. The molecule has 30 heavy (non-hydrogen) atoms. The van der Waals surface area contributed by atoms with Crippen molar-refractivity contribution in [2.45, 2.75) is 57.0 Å². The van der Waals surface area contributed by atoms with Crippen molar-refractivity contribution in [1.82, 2.24) is 19.4 Å². The number of likely N-dealkylation sites (tertiary alicyclic amines) is 1. The molecule has 0 radical (unpaired) electrons. The topological polar surface area (TPSA) is 77.0 Å². The Kier molecular flexibility index (Phi) is 5.25. The van der Waals surface area contributed by atoms with Crippen molar-refractivity contribution in [3.63, 3.8) is 0 Å². The zero-order valence-corrected chi connectivity index (χ0v) is 17.3. The third-order valence-corrected chi connectivity index (χ3v) is 6.83. The summed E-state index contributed by atoms with van der Waals surface area (Å²) < 4.78 is 2.01. The number of imidazole rings is 1. The Morgan fingerprint density at radius 3 is 2.73 bits per heavy atom. The number of benzene rings is 1. The van der Waals surface area contributed by atoms with Crippen LogP contribution in [0.4, 0.5) is 0 Å². The summed E-state index contributed by atoms with van der Waals surface area (Å²) in [6.45, 7) is 0.787. The SMILES string of the molecule is N[C@H](C(=O)N1CCC[C@H]1c1ccnc(-n2cnc3ccccc32)c1)C1CCCCC1. The Bertz CT molecular complexity index is 1040. The molecule has 2 N–H and O–H groups in total. The third kappa shape index (κ3) is 3.49. The first kappa shape index (κ1) is 19.2. The standard InChI is InChI=1S/C24H29N5O/c25-23(17-7-2-1-3-8-17)24(30)28-14-6-11-20(28)18-12-13-26-22(15-18)29-16-27-19-9-4-5-10-21(19)29/h4-5,9-10,12-13,15-17,20,23H,1-3,6-8,11,14,25H2/t20-,23-/m0/s1. The number of amides is 1. The lowest BCUT2D eigenvalue weighted by molar-refractivity contribution is -0.135. The molecule has 1 saturated carbocycles. The van der Waals surface area contributed by atoms with Crippen LogP contribution in [-0.4, -0.2) is 37.9 Å². The number of para-hydroxylation sites is 2. The van der Waals surface area contributed by atoms with Gasteiger partial charge in [-0.2, -0.15) is 0 Å². The molecule has 156 valence electrons. The lowest BCUT2D eigenvalue weighted by Gasteiger charge is -2.32. The normalized spacial score (nSPS) is 21.2.